The highest BCUT2D eigenvalue weighted by atomic mass is 16.3. The summed E-state index contributed by atoms with van der Waals surface area (Å²) in [6, 6.07) is 57.4. The standard InChI is InChI=1S/C54H47N3O/c1-53(2,3)41-28-39(29-42(34-41)54(4,5)6)40-32-48(56-49(33-40)45-20-11-13-22-52(45)58)38-16-14-15-37(27-38)47-31-36(25-26-55-47)35-23-24-51-46(30-35)44-19-10-12-21-50(44)57(51)43-17-8-7-9-18-43/h7-34,58H,1-6H3. The molecule has 0 bridgehead atoms. The summed E-state index contributed by atoms with van der Waals surface area (Å²) in [6.07, 6.45) is 1.90. The zero-order chi connectivity index (χ0) is 40.2. The second-order valence-corrected chi connectivity index (χ2v) is 17.4. The lowest BCUT2D eigenvalue weighted by atomic mass is 9.79. The Morgan fingerprint density at radius 3 is 1.78 bits per heavy atom. The van der Waals surface area contributed by atoms with E-state index < -0.39 is 0 Å². The van der Waals surface area contributed by atoms with Gasteiger partial charge in [0.2, 0.25) is 0 Å². The number of nitrogens with zero attached hydrogens (tertiary/aromatic N) is 3. The fourth-order valence-corrected chi connectivity index (χ4v) is 7.95. The summed E-state index contributed by atoms with van der Waals surface area (Å²) in [5.74, 6) is 0.203. The maximum atomic E-state index is 11.0. The first-order valence-electron chi connectivity index (χ1n) is 20.0. The van der Waals surface area contributed by atoms with Gasteiger partial charge in [-0.3, -0.25) is 4.98 Å². The molecule has 1 N–H and O–H groups in total. The molecule has 4 heteroatoms. The summed E-state index contributed by atoms with van der Waals surface area (Å²) in [5.41, 5.74) is 15.5. The van der Waals surface area contributed by atoms with Gasteiger partial charge in [-0.15, -0.1) is 0 Å². The molecule has 0 saturated carbocycles. The summed E-state index contributed by atoms with van der Waals surface area (Å²) in [6.45, 7) is 13.6. The molecule has 58 heavy (non-hydrogen) atoms. The third-order valence-electron chi connectivity index (χ3n) is 11.2. The average molecular weight is 754 g/mol. The van der Waals surface area contributed by atoms with Gasteiger partial charge in [-0.2, -0.15) is 0 Å². The van der Waals surface area contributed by atoms with E-state index in [-0.39, 0.29) is 16.6 Å². The van der Waals surface area contributed by atoms with E-state index in [1.165, 1.54) is 32.9 Å². The van der Waals surface area contributed by atoms with Gasteiger partial charge >= 0.3 is 0 Å². The normalized spacial score (nSPS) is 12.0. The Balaban J connectivity index is 1.14. The minimum Gasteiger partial charge on any atom is -0.507 e. The zero-order valence-corrected chi connectivity index (χ0v) is 34.0. The van der Waals surface area contributed by atoms with Crippen molar-refractivity contribution in [1.82, 2.24) is 14.5 Å². The summed E-state index contributed by atoms with van der Waals surface area (Å²) >= 11 is 0. The highest BCUT2D eigenvalue weighted by molar-refractivity contribution is 6.10. The van der Waals surface area contributed by atoms with E-state index in [1.54, 1.807) is 6.07 Å². The van der Waals surface area contributed by atoms with Crippen molar-refractivity contribution in [3.8, 4) is 67.5 Å². The van der Waals surface area contributed by atoms with E-state index in [0.29, 0.717) is 5.56 Å². The molecule has 0 fully saturated rings. The molecule has 284 valence electrons. The number of phenolic OH excluding ortho intramolecular Hbond substituents is 1. The van der Waals surface area contributed by atoms with Gasteiger partial charge in [0.05, 0.1) is 28.1 Å². The number of benzene rings is 6. The lowest BCUT2D eigenvalue weighted by Crippen LogP contribution is -2.16. The van der Waals surface area contributed by atoms with Crippen LogP contribution < -0.4 is 0 Å². The van der Waals surface area contributed by atoms with Crippen molar-refractivity contribution < 1.29 is 5.11 Å². The van der Waals surface area contributed by atoms with Crippen molar-refractivity contribution in [2.75, 3.05) is 0 Å². The number of rotatable bonds is 6. The van der Waals surface area contributed by atoms with Crippen molar-refractivity contribution in [1.29, 1.82) is 0 Å². The van der Waals surface area contributed by atoms with Gasteiger partial charge in [0.1, 0.15) is 5.75 Å². The molecule has 0 aliphatic heterocycles. The smallest absolute Gasteiger partial charge is 0.124 e. The second kappa shape index (κ2) is 14.3. The molecule has 4 nitrogen and oxygen atoms in total. The fourth-order valence-electron chi connectivity index (χ4n) is 7.95. The molecule has 0 atom stereocenters. The van der Waals surface area contributed by atoms with Crippen LogP contribution in [0.2, 0.25) is 0 Å². The van der Waals surface area contributed by atoms with Gasteiger partial charge in [-0.25, -0.2) is 4.98 Å². The van der Waals surface area contributed by atoms with Crippen molar-refractivity contribution in [2.24, 2.45) is 0 Å². The van der Waals surface area contributed by atoms with Crippen LogP contribution in [0.15, 0.2) is 170 Å². The van der Waals surface area contributed by atoms with Gasteiger partial charge in [0.25, 0.3) is 0 Å². The van der Waals surface area contributed by atoms with Crippen LogP contribution in [0.25, 0.3) is 83.5 Å². The molecule has 9 aromatic rings. The Labute approximate surface area is 341 Å². The third kappa shape index (κ3) is 6.96. The lowest BCUT2D eigenvalue weighted by molar-refractivity contribution is 0.477. The molecule has 0 radical (unpaired) electrons. The van der Waals surface area contributed by atoms with Crippen LogP contribution in [0, 0.1) is 0 Å². The highest BCUT2D eigenvalue weighted by Gasteiger charge is 2.22. The number of aromatic hydroxyl groups is 1. The number of hydrogen-bond donors (Lipinski definition) is 1. The van der Waals surface area contributed by atoms with Crippen LogP contribution >= 0.6 is 0 Å². The molecule has 0 spiro atoms. The Kier molecular flexibility index (Phi) is 9.09. The molecule has 0 aliphatic rings. The van der Waals surface area contributed by atoms with Gasteiger partial charge in [-0.1, -0.05) is 133 Å². The molecule has 0 saturated heterocycles. The lowest BCUT2D eigenvalue weighted by Gasteiger charge is -2.26. The van der Waals surface area contributed by atoms with E-state index >= 15 is 0 Å². The maximum absolute atomic E-state index is 11.0. The molecule has 0 unspecified atom stereocenters. The number of pyridine rings is 2. The molecule has 9 rings (SSSR count). The predicted molar refractivity (Wildman–Crippen MR) is 243 cm³/mol. The van der Waals surface area contributed by atoms with E-state index in [9.17, 15) is 5.11 Å². The maximum Gasteiger partial charge on any atom is 0.124 e. The number of phenols is 1. The van der Waals surface area contributed by atoms with Crippen LogP contribution in [-0.4, -0.2) is 19.6 Å². The van der Waals surface area contributed by atoms with Gasteiger partial charge < -0.3 is 9.67 Å². The van der Waals surface area contributed by atoms with Crippen LogP contribution in [0.4, 0.5) is 0 Å². The number of para-hydroxylation sites is 3. The summed E-state index contributed by atoms with van der Waals surface area (Å²) in [4.78, 5) is 10.1. The molecule has 3 aromatic heterocycles. The largest absolute Gasteiger partial charge is 0.507 e. The number of hydrogen-bond acceptors (Lipinski definition) is 3. The Morgan fingerprint density at radius 2 is 1.03 bits per heavy atom. The summed E-state index contributed by atoms with van der Waals surface area (Å²) in [5, 5.41) is 13.5. The van der Waals surface area contributed by atoms with Gasteiger partial charge in [0, 0.05) is 39.3 Å². The van der Waals surface area contributed by atoms with E-state index in [4.69, 9.17) is 9.97 Å². The second-order valence-electron chi connectivity index (χ2n) is 17.4. The minimum atomic E-state index is -0.0327. The first kappa shape index (κ1) is 36.8. The third-order valence-corrected chi connectivity index (χ3v) is 11.2. The zero-order valence-electron chi connectivity index (χ0n) is 34.0. The van der Waals surface area contributed by atoms with Crippen LogP contribution in [0.3, 0.4) is 0 Å². The molecule has 0 amide bonds. The van der Waals surface area contributed by atoms with Crippen LogP contribution in [-0.2, 0) is 10.8 Å². The van der Waals surface area contributed by atoms with E-state index in [0.717, 1.165) is 56.1 Å². The number of fused-ring (bicyclic) bond motifs is 3. The first-order valence-corrected chi connectivity index (χ1v) is 20.0. The van der Waals surface area contributed by atoms with E-state index in [2.05, 4.69) is 186 Å². The Morgan fingerprint density at radius 1 is 0.431 bits per heavy atom. The van der Waals surface area contributed by atoms with Crippen LogP contribution in [0.1, 0.15) is 52.7 Å². The summed E-state index contributed by atoms with van der Waals surface area (Å²) < 4.78 is 2.34. The monoisotopic (exact) mass is 753 g/mol. The SMILES string of the molecule is CC(C)(C)c1cc(-c2cc(-c3cccc(-c4cc(-c5ccc6c(c5)c5ccccc5n6-c5ccccc5)ccn4)c3)nc(-c3ccccc3O)c2)cc(C(C)(C)C)c1. The average Bonchev–Trinajstić information content (AvgIpc) is 3.57. The van der Waals surface area contributed by atoms with Crippen molar-refractivity contribution >= 4 is 21.8 Å². The summed E-state index contributed by atoms with van der Waals surface area (Å²) in [7, 11) is 0. The molecule has 0 aliphatic carbocycles. The molecular weight excluding hydrogens is 707 g/mol. The Bertz CT molecular complexity index is 2950. The van der Waals surface area contributed by atoms with Gasteiger partial charge in [0.15, 0.2) is 0 Å². The van der Waals surface area contributed by atoms with E-state index in [1.807, 2.05) is 24.4 Å². The van der Waals surface area contributed by atoms with Crippen molar-refractivity contribution in [2.45, 2.75) is 52.4 Å². The molecule has 3 heterocycles. The highest BCUT2D eigenvalue weighted by Crippen LogP contribution is 2.39. The minimum absolute atomic E-state index is 0.0327. The first-order chi connectivity index (χ1) is 27.9. The fraction of sp³-hybridized carbons (Fsp3) is 0.148. The van der Waals surface area contributed by atoms with Gasteiger partial charge in [-0.05, 0) is 117 Å². The number of aromatic nitrogens is 3. The molecule has 6 aromatic carbocycles. The Hall–Kier alpha value is -6.78. The van der Waals surface area contributed by atoms with Crippen LogP contribution in [0.5, 0.6) is 5.75 Å². The van der Waals surface area contributed by atoms with Crippen molar-refractivity contribution in [3.63, 3.8) is 0 Å². The van der Waals surface area contributed by atoms with Crippen molar-refractivity contribution in [3.05, 3.63) is 181 Å². The topological polar surface area (TPSA) is 50.9 Å². The predicted octanol–water partition coefficient (Wildman–Crippen LogP) is 14.2. The quantitative estimate of drug-likeness (QED) is 0.184. The molecular formula is C54H47N3O.